The van der Waals surface area contributed by atoms with E-state index in [1.54, 1.807) is 11.6 Å². The van der Waals surface area contributed by atoms with Crippen LogP contribution < -0.4 is 5.32 Å². The maximum Gasteiger partial charge on any atom is 0.233 e. The molecule has 2 atom stereocenters. The highest BCUT2D eigenvalue weighted by atomic mass is 32.1. The number of aromatic nitrogens is 1. The molecule has 1 N–H and O–H groups in total. The minimum atomic E-state index is -0.237. The average Bonchev–Trinajstić information content (AvgIpc) is 3.07. The molecule has 1 aliphatic heterocycles. The standard InChI is InChI=1S/C14H15N3O3S/c18-11(16-14-15-6-8-21-14)5-7-17-12(19)9-3-1-2-4-10(9)13(17)20/h1-2,6,8-10H,3-5,7H2,(H,15,16,18)/t9-,10-/m1/s1. The Labute approximate surface area is 125 Å². The molecule has 1 aromatic rings. The van der Waals surface area contributed by atoms with Crippen LogP contribution in [0, 0.1) is 11.8 Å². The maximum atomic E-state index is 12.2. The number of imide groups is 1. The molecule has 7 heteroatoms. The minimum Gasteiger partial charge on any atom is -0.302 e. The lowest BCUT2D eigenvalue weighted by atomic mass is 9.85. The van der Waals surface area contributed by atoms with Crippen LogP contribution in [0.3, 0.4) is 0 Å². The second-order valence-corrected chi connectivity index (χ2v) is 6.01. The van der Waals surface area contributed by atoms with E-state index in [1.807, 2.05) is 12.2 Å². The normalized spacial score (nSPS) is 24.3. The first kappa shape index (κ1) is 13.9. The van der Waals surface area contributed by atoms with Crippen molar-refractivity contribution in [1.82, 2.24) is 9.88 Å². The monoisotopic (exact) mass is 305 g/mol. The van der Waals surface area contributed by atoms with E-state index in [0.29, 0.717) is 18.0 Å². The van der Waals surface area contributed by atoms with E-state index in [-0.39, 0.29) is 42.5 Å². The number of nitrogens with one attached hydrogen (secondary N) is 1. The van der Waals surface area contributed by atoms with Crippen LogP contribution in [0.2, 0.25) is 0 Å². The van der Waals surface area contributed by atoms with Gasteiger partial charge in [0, 0.05) is 24.5 Å². The lowest BCUT2D eigenvalue weighted by Crippen LogP contribution is -2.34. The van der Waals surface area contributed by atoms with Gasteiger partial charge in [-0.1, -0.05) is 12.2 Å². The molecule has 0 radical (unpaired) electrons. The van der Waals surface area contributed by atoms with Gasteiger partial charge in [-0.2, -0.15) is 0 Å². The third kappa shape index (κ3) is 2.73. The Balaban J connectivity index is 1.57. The molecule has 0 saturated carbocycles. The summed E-state index contributed by atoms with van der Waals surface area (Å²) in [5.74, 6) is -0.986. The van der Waals surface area contributed by atoms with Crippen LogP contribution in [-0.2, 0) is 14.4 Å². The van der Waals surface area contributed by atoms with Gasteiger partial charge in [0.1, 0.15) is 0 Å². The number of fused-ring (bicyclic) bond motifs is 1. The number of rotatable bonds is 4. The highest BCUT2D eigenvalue weighted by Crippen LogP contribution is 2.34. The summed E-state index contributed by atoms with van der Waals surface area (Å²) in [4.78, 5) is 41.4. The molecule has 21 heavy (non-hydrogen) atoms. The lowest BCUT2D eigenvalue weighted by molar-refractivity contribution is -0.140. The SMILES string of the molecule is O=C(CCN1C(=O)[C@@H]2CC=CC[C@H]2C1=O)Nc1nccs1. The largest absolute Gasteiger partial charge is 0.302 e. The Hall–Kier alpha value is -2.02. The maximum absolute atomic E-state index is 12.2. The van der Waals surface area contributed by atoms with E-state index >= 15 is 0 Å². The van der Waals surface area contributed by atoms with Crippen LogP contribution in [-0.4, -0.2) is 34.2 Å². The third-order valence-corrected chi connectivity index (χ3v) is 4.53. The van der Waals surface area contributed by atoms with Crippen molar-refractivity contribution in [2.75, 3.05) is 11.9 Å². The molecule has 1 fully saturated rings. The third-order valence-electron chi connectivity index (χ3n) is 3.84. The zero-order chi connectivity index (χ0) is 14.8. The van der Waals surface area contributed by atoms with E-state index in [0.717, 1.165) is 0 Å². The quantitative estimate of drug-likeness (QED) is 0.674. The predicted octanol–water partition coefficient (Wildman–Crippen LogP) is 1.42. The number of thiazole rings is 1. The Morgan fingerprint density at radius 3 is 2.52 bits per heavy atom. The summed E-state index contributed by atoms with van der Waals surface area (Å²) < 4.78 is 0. The van der Waals surface area contributed by atoms with Crippen LogP contribution in [0.15, 0.2) is 23.7 Å². The number of carbonyl (C=O) groups is 3. The van der Waals surface area contributed by atoms with Crippen molar-refractivity contribution in [3.8, 4) is 0 Å². The number of anilines is 1. The van der Waals surface area contributed by atoms with Crippen LogP contribution in [0.1, 0.15) is 19.3 Å². The van der Waals surface area contributed by atoms with Gasteiger partial charge < -0.3 is 5.32 Å². The van der Waals surface area contributed by atoms with Crippen molar-refractivity contribution in [3.63, 3.8) is 0 Å². The fourth-order valence-corrected chi connectivity index (χ4v) is 3.31. The molecule has 6 nitrogen and oxygen atoms in total. The van der Waals surface area contributed by atoms with Crippen molar-refractivity contribution in [2.45, 2.75) is 19.3 Å². The molecular formula is C14H15N3O3S. The Bertz CT molecular complexity index is 571. The van der Waals surface area contributed by atoms with Crippen molar-refractivity contribution < 1.29 is 14.4 Å². The van der Waals surface area contributed by atoms with E-state index in [2.05, 4.69) is 10.3 Å². The smallest absolute Gasteiger partial charge is 0.233 e. The molecule has 0 aromatic carbocycles. The van der Waals surface area contributed by atoms with Gasteiger partial charge in [-0.05, 0) is 12.8 Å². The zero-order valence-corrected chi connectivity index (χ0v) is 12.1. The van der Waals surface area contributed by atoms with Gasteiger partial charge >= 0.3 is 0 Å². The number of hydrogen-bond donors (Lipinski definition) is 1. The molecule has 1 saturated heterocycles. The Kier molecular flexibility index (Phi) is 3.83. The highest BCUT2D eigenvalue weighted by molar-refractivity contribution is 7.13. The fourth-order valence-electron chi connectivity index (χ4n) is 2.77. The molecule has 2 heterocycles. The summed E-state index contributed by atoms with van der Waals surface area (Å²) in [5.41, 5.74) is 0. The summed E-state index contributed by atoms with van der Waals surface area (Å²) in [5, 5.41) is 4.93. The van der Waals surface area contributed by atoms with E-state index in [9.17, 15) is 14.4 Å². The van der Waals surface area contributed by atoms with Gasteiger partial charge in [0.25, 0.3) is 0 Å². The first-order valence-corrected chi connectivity index (χ1v) is 7.74. The van der Waals surface area contributed by atoms with Gasteiger partial charge in [-0.15, -0.1) is 11.3 Å². The molecule has 3 amide bonds. The second kappa shape index (κ2) is 5.77. The lowest BCUT2D eigenvalue weighted by Gasteiger charge is -2.14. The van der Waals surface area contributed by atoms with Crippen molar-refractivity contribution >= 4 is 34.2 Å². The Morgan fingerprint density at radius 2 is 1.95 bits per heavy atom. The molecule has 3 rings (SSSR count). The van der Waals surface area contributed by atoms with Crippen LogP contribution in [0.4, 0.5) is 5.13 Å². The Morgan fingerprint density at radius 1 is 1.29 bits per heavy atom. The average molecular weight is 305 g/mol. The number of nitrogens with zero attached hydrogens (tertiary/aromatic N) is 2. The van der Waals surface area contributed by atoms with E-state index < -0.39 is 0 Å². The number of likely N-dealkylation sites (tertiary alicyclic amines) is 1. The zero-order valence-electron chi connectivity index (χ0n) is 11.3. The van der Waals surface area contributed by atoms with Gasteiger partial charge in [0.05, 0.1) is 11.8 Å². The molecule has 0 bridgehead atoms. The van der Waals surface area contributed by atoms with Crippen molar-refractivity contribution in [3.05, 3.63) is 23.7 Å². The predicted molar refractivity (Wildman–Crippen MR) is 77.4 cm³/mol. The summed E-state index contributed by atoms with van der Waals surface area (Å²) in [6.07, 6.45) is 6.85. The molecule has 1 aliphatic carbocycles. The number of allylic oxidation sites excluding steroid dienone is 2. The van der Waals surface area contributed by atoms with Gasteiger partial charge in [-0.3, -0.25) is 19.3 Å². The van der Waals surface area contributed by atoms with E-state index in [4.69, 9.17) is 0 Å². The van der Waals surface area contributed by atoms with Crippen molar-refractivity contribution in [1.29, 1.82) is 0 Å². The molecule has 1 aromatic heterocycles. The topological polar surface area (TPSA) is 79.4 Å². The summed E-state index contributed by atoms with van der Waals surface area (Å²) in [7, 11) is 0. The summed E-state index contributed by atoms with van der Waals surface area (Å²) in [6.45, 7) is 0.141. The number of amides is 3. The molecule has 110 valence electrons. The van der Waals surface area contributed by atoms with Crippen molar-refractivity contribution in [2.24, 2.45) is 11.8 Å². The van der Waals surface area contributed by atoms with Crippen LogP contribution in [0.5, 0.6) is 0 Å². The second-order valence-electron chi connectivity index (χ2n) is 5.12. The number of hydrogen-bond acceptors (Lipinski definition) is 5. The van der Waals surface area contributed by atoms with E-state index in [1.165, 1.54) is 16.2 Å². The first-order valence-electron chi connectivity index (χ1n) is 6.86. The summed E-state index contributed by atoms with van der Waals surface area (Å²) >= 11 is 1.33. The molecule has 0 unspecified atom stereocenters. The minimum absolute atomic E-state index is 0.101. The highest BCUT2D eigenvalue weighted by Gasteiger charge is 2.46. The van der Waals surface area contributed by atoms with Gasteiger partial charge in [-0.25, -0.2) is 4.98 Å². The molecule has 2 aliphatic rings. The van der Waals surface area contributed by atoms with Crippen LogP contribution in [0.25, 0.3) is 0 Å². The fraction of sp³-hybridized carbons (Fsp3) is 0.429. The van der Waals surface area contributed by atoms with Crippen LogP contribution >= 0.6 is 11.3 Å². The van der Waals surface area contributed by atoms with Gasteiger partial charge in [0.15, 0.2) is 5.13 Å². The summed E-state index contributed by atoms with van der Waals surface area (Å²) in [6, 6.07) is 0. The van der Waals surface area contributed by atoms with Gasteiger partial charge in [0.2, 0.25) is 17.7 Å². The molecular weight excluding hydrogens is 290 g/mol. The number of carbonyl (C=O) groups excluding carboxylic acids is 3. The molecule has 0 spiro atoms. The first-order chi connectivity index (χ1) is 10.2.